The maximum absolute atomic E-state index is 14.7. The summed E-state index contributed by atoms with van der Waals surface area (Å²) >= 11 is 0. The normalized spacial score (nSPS) is 16.4. The van der Waals surface area contributed by atoms with E-state index in [1.165, 1.54) is 6.07 Å². The molecule has 0 radical (unpaired) electrons. The fraction of sp³-hybridized carbons (Fsp3) is 0.348. The van der Waals surface area contributed by atoms with E-state index in [0.29, 0.717) is 42.4 Å². The summed E-state index contributed by atoms with van der Waals surface area (Å²) in [5.74, 6) is -0.172. The molecule has 1 aliphatic heterocycles. The first-order chi connectivity index (χ1) is 14.6. The fourth-order valence-corrected chi connectivity index (χ4v) is 3.62. The second-order valence-electron chi connectivity index (χ2n) is 7.69. The van der Waals surface area contributed by atoms with Crippen LogP contribution in [0.15, 0.2) is 48.9 Å². The van der Waals surface area contributed by atoms with Gasteiger partial charge in [-0.3, -0.25) is 9.78 Å². The summed E-state index contributed by atoms with van der Waals surface area (Å²) in [6, 6.07) is 8.61. The summed E-state index contributed by atoms with van der Waals surface area (Å²) in [7, 11) is 0. The van der Waals surface area contributed by atoms with Crippen molar-refractivity contribution in [3.63, 3.8) is 0 Å². The van der Waals surface area contributed by atoms with E-state index in [2.05, 4.69) is 15.4 Å². The molecule has 6 nitrogen and oxygen atoms in total. The zero-order valence-electron chi connectivity index (χ0n) is 17.0. The van der Waals surface area contributed by atoms with Gasteiger partial charge in [0.25, 0.3) is 5.91 Å². The van der Waals surface area contributed by atoms with Crippen molar-refractivity contribution in [2.24, 2.45) is 5.92 Å². The smallest absolute Gasteiger partial charge is 0.269 e. The molecule has 0 spiro atoms. The maximum atomic E-state index is 14.7. The van der Waals surface area contributed by atoms with Crippen LogP contribution in [0.1, 0.15) is 40.0 Å². The number of carbonyl (C=O) groups excluding carboxylic acids is 1. The third-order valence-corrected chi connectivity index (χ3v) is 5.44. The lowest BCUT2D eigenvalue weighted by atomic mass is 10.00. The van der Waals surface area contributed by atoms with E-state index < -0.39 is 0 Å². The van der Waals surface area contributed by atoms with Gasteiger partial charge >= 0.3 is 0 Å². The van der Waals surface area contributed by atoms with Crippen molar-refractivity contribution in [2.75, 3.05) is 19.8 Å². The highest BCUT2D eigenvalue weighted by Gasteiger charge is 2.17. The summed E-state index contributed by atoms with van der Waals surface area (Å²) in [4.78, 5) is 16.8. The molecule has 0 unspecified atom stereocenters. The lowest BCUT2D eigenvalue weighted by molar-refractivity contribution is 0.0535. The monoisotopic (exact) mass is 408 g/mol. The van der Waals surface area contributed by atoms with Gasteiger partial charge in [-0.2, -0.15) is 5.10 Å². The largest absolute Gasteiger partial charge is 0.381 e. The minimum absolute atomic E-state index is 0.212. The van der Waals surface area contributed by atoms with E-state index in [1.807, 2.05) is 13.0 Å². The van der Waals surface area contributed by atoms with Gasteiger partial charge in [0.15, 0.2) is 0 Å². The van der Waals surface area contributed by atoms with Crippen molar-refractivity contribution in [3.05, 3.63) is 77.1 Å². The van der Waals surface area contributed by atoms with Gasteiger partial charge < -0.3 is 10.1 Å². The molecule has 1 amide bonds. The Balaban J connectivity index is 1.46. The van der Waals surface area contributed by atoms with E-state index in [1.54, 1.807) is 41.5 Å². The van der Waals surface area contributed by atoms with Crippen LogP contribution in [0.2, 0.25) is 0 Å². The number of pyridine rings is 1. The van der Waals surface area contributed by atoms with Crippen LogP contribution in [0.3, 0.4) is 0 Å². The van der Waals surface area contributed by atoms with E-state index in [4.69, 9.17) is 4.74 Å². The number of hydrogen-bond donors (Lipinski definition) is 1. The molecule has 1 atom stereocenters. The number of benzene rings is 1. The number of rotatable bonds is 6. The van der Waals surface area contributed by atoms with Gasteiger partial charge in [-0.1, -0.05) is 6.07 Å². The zero-order valence-corrected chi connectivity index (χ0v) is 17.0. The Morgan fingerprint density at radius 3 is 2.97 bits per heavy atom. The highest BCUT2D eigenvalue weighted by molar-refractivity contribution is 5.92. The van der Waals surface area contributed by atoms with Crippen LogP contribution in [0.4, 0.5) is 4.39 Å². The van der Waals surface area contributed by atoms with Crippen LogP contribution in [0, 0.1) is 18.7 Å². The Bertz CT molecular complexity index is 1010. The number of aromatic nitrogens is 3. The highest BCUT2D eigenvalue weighted by Crippen LogP contribution is 2.20. The average molecular weight is 408 g/mol. The van der Waals surface area contributed by atoms with Crippen LogP contribution in [-0.4, -0.2) is 40.4 Å². The predicted octanol–water partition coefficient (Wildman–Crippen LogP) is 3.46. The lowest BCUT2D eigenvalue weighted by Gasteiger charge is -2.22. The molecule has 2 aromatic heterocycles. The van der Waals surface area contributed by atoms with Gasteiger partial charge in [-0.05, 0) is 66.6 Å². The quantitative estimate of drug-likeness (QED) is 0.678. The molecule has 1 fully saturated rings. The van der Waals surface area contributed by atoms with Crippen molar-refractivity contribution >= 4 is 5.91 Å². The average Bonchev–Trinajstić information content (AvgIpc) is 3.30. The van der Waals surface area contributed by atoms with Crippen molar-refractivity contribution in [2.45, 2.75) is 26.2 Å². The molecule has 4 rings (SSSR count). The van der Waals surface area contributed by atoms with Crippen LogP contribution < -0.4 is 5.32 Å². The fourth-order valence-electron chi connectivity index (χ4n) is 3.62. The van der Waals surface area contributed by atoms with Crippen molar-refractivity contribution in [1.82, 2.24) is 20.1 Å². The summed E-state index contributed by atoms with van der Waals surface area (Å²) in [6.45, 7) is 3.97. The van der Waals surface area contributed by atoms with Gasteiger partial charge in [-0.25, -0.2) is 9.07 Å². The van der Waals surface area contributed by atoms with Crippen LogP contribution >= 0.6 is 0 Å². The molecule has 30 heavy (non-hydrogen) atoms. The molecule has 0 aliphatic carbocycles. The van der Waals surface area contributed by atoms with Crippen LogP contribution in [-0.2, 0) is 11.2 Å². The third-order valence-electron chi connectivity index (χ3n) is 5.44. The van der Waals surface area contributed by atoms with Crippen LogP contribution in [0.25, 0.3) is 5.69 Å². The Labute approximate surface area is 175 Å². The molecular weight excluding hydrogens is 383 g/mol. The van der Waals surface area contributed by atoms with Gasteiger partial charge in [-0.15, -0.1) is 0 Å². The molecule has 3 aromatic rings. The van der Waals surface area contributed by atoms with Crippen molar-refractivity contribution < 1.29 is 13.9 Å². The number of hydrogen-bond acceptors (Lipinski definition) is 4. The molecule has 0 saturated carbocycles. The number of nitrogens with zero attached hydrogens (tertiary/aromatic N) is 3. The first kappa shape index (κ1) is 20.2. The summed E-state index contributed by atoms with van der Waals surface area (Å²) in [5.41, 5.74) is 3.37. The second kappa shape index (κ2) is 9.17. The molecule has 1 aliphatic rings. The summed E-state index contributed by atoms with van der Waals surface area (Å²) in [6.07, 6.45) is 7.56. The summed E-state index contributed by atoms with van der Waals surface area (Å²) in [5, 5.41) is 7.08. The number of ether oxygens (including phenoxy) is 1. The number of nitrogens with one attached hydrogen (secondary N) is 1. The molecule has 3 heterocycles. The molecule has 1 N–H and O–H groups in total. The van der Waals surface area contributed by atoms with Crippen molar-refractivity contribution in [1.29, 1.82) is 0 Å². The first-order valence-electron chi connectivity index (χ1n) is 10.2. The topological polar surface area (TPSA) is 69.0 Å². The maximum Gasteiger partial charge on any atom is 0.269 e. The molecule has 1 aromatic carbocycles. The third kappa shape index (κ3) is 4.74. The second-order valence-corrected chi connectivity index (χ2v) is 7.69. The van der Waals surface area contributed by atoms with Gasteiger partial charge in [0.05, 0.1) is 12.3 Å². The number of carbonyl (C=O) groups is 1. The zero-order chi connectivity index (χ0) is 20.9. The van der Waals surface area contributed by atoms with Gasteiger partial charge in [0.1, 0.15) is 11.5 Å². The molecule has 0 bridgehead atoms. The van der Waals surface area contributed by atoms with E-state index >= 15 is 0 Å². The first-order valence-corrected chi connectivity index (χ1v) is 10.2. The molecule has 1 saturated heterocycles. The SMILES string of the molecule is Cc1cnc(C(=O)NC[C@@H]2CCCOC2)cc1Cc1ccc(-n2cccn2)cc1F. The number of amides is 1. The number of aryl methyl sites for hydroxylation is 1. The predicted molar refractivity (Wildman–Crippen MR) is 111 cm³/mol. The lowest BCUT2D eigenvalue weighted by Crippen LogP contribution is -2.33. The molecule has 7 heteroatoms. The van der Waals surface area contributed by atoms with E-state index in [9.17, 15) is 9.18 Å². The standard InChI is InChI=1S/C23H25FN4O2/c1-16-13-25-22(23(29)26-14-17-4-2-9-30-15-17)11-19(16)10-18-5-6-20(12-21(18)24)28-8-3-7-27-28/h3,5-8,11-13,17H,2,4,9-10,14-15H2,1H3,(H,26,29)/t17-/m0/s1. The molecular formula is C23H25FN4O2. The van der Waals surface area contributed by atoms with Crippen LogP contribution in [0.5, 0.6) is 0 Å². The van der Waals surface area contributed by atoms with Gasteiger partial charge in [0, 0.05) is 38.2 Å². The Morgan fingerprint density at radius 2 is 2.23 bits per heavy atom. The van der Waals surface area contributed by atoms with Gasteiger partial charge in [0.2, 0.25) is 0 Å². The Morgan fingerprint density at radius 1 is 1.33 bits per heavy atom. The minimum atomic E-state index is -0.303. The highest BCUT2D eigenvalue weighted by atomic mass is 19.1. The van der Waals surface area contributed by atoms with E-state index in [-0.39, 0.29) is 11.7 Å². The summed E-state index contributed by atoms with van der Waals surface area (Å²) < 4.78 is 21.8. The minimum Gasteiger partial charge on any atom is -0.381 e. The number of halogens is 1. The van der Waals surface area contributed by atoms with E-state index in [0.717, 1.165) is 30.6 Å². The molecule has 156 valence electrons. The Hall–Kier alpha value is -3.06. The van der Waals surface area contributed by atoms with Crippen molar-refractivity contribution in [3.8, 4) is 5.69 Å². The Kier molecular flexibility index (Phi) is 6.18.